The minimum Gasteiger partial charge on any atom is -0.490 e. The minimum atomic E-state index is 0.00841. The van der Waals surface area contributed by atoms with Crippen LogP contribution in [0.5, 0.6) is 5.75 Å². The summed E-state index contributed by atoms with van der Waals surface area (Å²) in [6.45, 7) is 11.0. The fourth-order valence-electron chi connectivity index (χ4n) is 3.84. The SMILES string of the molecule is CC(C)Oc1ccc(CON=C(N)c2cccc3c2C[C@@H](C(C)(C)C)C3)cc1C#N. The molecule has 2 aromatic carbocycles. The molecule has 3 rings (SSSR count). The highest BCUT2D eigenvalue weighted by Gasteiger charge is 2.32. The van der Waals surface area contributed by atoms with Gasteiger partial charge in [0.25, 0.3) is 0 Å². The highest BCUT2D eigenvalue weighted by atomic mass is 16.6. The zero-order chi connectivity index (χ0) is 21.9. The monoisotopic (exact) mass is 405 g/mol. The van der Waals surface area contributed by atoms with Gasteiger partial charge in [0.15, 0.2) is 5.84 Å². The minimum absolute atomic E-state index is 0.00841. The molecule has 0 unspecified atom stereocenters. The molecule has 0 aromatic heterocycles. The van der Waals surface area contributed by atoms with Crippen molar-refractivity contribution in [3.63, 3.8) is 0 Å². The smallest absolute Gasteiger partial charge is 0.170 e. The van der Waals surface area contributed by atoms with E-state index in [2.05, 4.69) is 38.1 Å². The quantitative estimate of drug-likeness (QED) is 0.419. The molecule has 2 N–H and O–H groups in total. The summed E-state index contributed by atoms with van der Waals surface area (Å²) in [7, 11) is 0. The number of fused-ring (bicyclic) bond motifs is 1. The molecule has 0 fully saturated rings. The third-order valence-corrected chi connectivity index (χ3v) is 5.61. The largest absolute Gasteiger partial charge is 0.490 e. The second kappa shape index (κ2) is 8.79. The number of nitrogens with zero attached hydrogens (tertiary/aromatic N) is 2. The molecule has 5 nitrogen and oxygen atoms in total. The summed E-state index contributed by atoms with van der Waals surface area (Å²) in [6, 6.07) is 13.8. The van der Waals surface area contributed by atoms with Crippen LogP contribution in [0.15, 0.2) is 41.6 Å². The maximum atomic E-state index is 9.37. The van der Waals surface area contributed by atoms with E-state index in [0.29, 0.717) is 23.1 Å². The van der Waals surface area contributed by atoms with E-state index in [9.17, 15) is 5.26 Å². The van der Waals surface area contributed by atoms with Crippen LogP contribution >= 0.6 is 0 Å². The van der Waals surface area contributed by atoms with Gasteiger partial charge >= 0.3 is 0 Å². The maximum Gasteiger partial charge on any atom is 0.170 e. The lowest BCUT2D eigenvalue weighted by molar-refractivity contribution is 0.130. The molecule has 0 radical (unpaired) electrons. The number of amidine groups is 1. The number of hydrogen-bond acceptors (Lipinski definition) is 4. The topological polar surface area (TPSA) is 80.6 Å². The van der Waals surface area contributed by atoms with Crippen LogP contribution in [0.25, 0.3) is 0 Å². The zero-order valence-electron chi connectivity index (χ0n) is 18.5. The van der Waals surface area contributed by atoms with Crippen molar-refractivity contribution < 1.29 is 9.57 Å². The normalized spacial score (nSPS) is 16.3. The summed E-state index contributed by atoms with van der Waals surface area (Å²) in [6.07, 6.45) is 2.09. The molecule has 0 bridgehead atoms. The van der Waals surface area contributed by atoms with Crippen LogP contribution in [0, 0.1) is 22.7 Å². The Morgan fingerprint density at radius 3 is 2.67 bits per heavy atom. The van der Waals surface area contributed by atoms with Crippen LogP contribution in [0.3, 0.4) is 0 Å². The first kappa shape index (κ1) is 21.7. The van der Waals surface area contributed by atoms with Gasteiger partial charge in [-0.25, -0.2) is 0 Å². The number of ether oxygens (including phenoxy) is 1. The predicted octanol–water partition coefficient (Wildman–Crippen LogP) is 4.94. The fourth-order valence-corrected chi connectivity index (χ4v) is 3.84. The van der Waals surface area contributed by atoms with Gasteiger partial charge in [0.05, 0.1) is 11.7 Å². The van der Waals surface area contributed by atoms with Crippen LogP contribution in [0.4, 0.5) is 0 Å². The van der Waals surface area contributed by atoms with E-state index in [-0.39, 0.29) is 18.1 Å². The Bertz CT molecular complexity index is 981. The van der Waals surface area contributed by atoms with Crippen molar-refractivity contribution in [1.82, 2.24) is 0 Å². The lowest BCUT2D eigenvalue weighted by atomic mass is 9.79. The second-order valence-corrected chi connectivity index (χ2v) is 9.27. The molecule has 158 valence electrons. The summed E-state index contributed by atoms with van der Waals surface area (Å²) in [5.41, 5.74) is 11.4. The van der Waals surface area contributed by atoms with Gasteiger partial charge in [-0.3, -0.25) is 0 Å². The van der Waals surface area contributed by atoms with E-state index < -0.39 is 0 Å². The molecule has 1 aliphatic rings. The zero-order valence-corrected chi connectivity index (χ0v) is 18.5. The first-order valence-electron chi connectivity index (χ1n) is 10.4. The average molecular weight is 406 g/mol. The lowest BCUT2D eigenvalue weighted by Crippen LogP contribution is -2.21. The standard InChI is InChI=1S/C25H31N3O2/c1-16(2)30-23-10-9-17(11-19(23)14-26)15-29-28-24(27)21-8-6-7-18-12-20(13-22(18)21)25(3,4)5/h6-11,16,20H,12-13,15H2,1-5H3,(H2,27,28)/t20-/m0/s1. The molecule has 0 spiro atoms. The maximum absolute atomic E-state index is 9.37. The highest BCUT2D eigenvalue weighted by molar-refractivity contribution is 5.98. The number of oxime groups is 1. The number of nitriles is 1. The van der Waals surface area contributed by atoms with Gasteiger partial charge in [-0.05, 0) is 66.8 Å². The van der Waals surface area contributed by atoms with E-state index in [1.165, 1.54) is 11.1 Å². The van der Waals surface area contributed by atoms with E-state index in [1.54, 1.807) is 12.1 Å². The van der Waals surface area contributed by atoms with Gasteiger partial charge in [-0.15, -0.1) is 0 Å². The summed E-state index contributed by atoms with van der Waals surface area (Å²) >= 11 is 0. The number of hydrogen-bond donors (Lipinski definition) is 1. The first-order valence-corrected chi connectivity index (χ1v) is 10.4. The molecule has 1 aliphatic carbocycles. The van der Waals surface area contributed by atoms with Gasteiger partial charge < -0.3 is 15.3 Å². The summed E-state index contributed by atoms with van der Waals surface area (Å²) in [4.78, 5) is 5.52. The molecule has 5 heteroatoms. The highest BCUT2D eigenvalue weighted by Crippen LogP contribution is 2.39. The van der Waals surface area contributed by atoms with Crippen LogP contribution in [0.1, 0.15) is 62.4 Å². The molecule has 30 heavy (non-hydrogen) atoms. The van der Waals surface area contributed by atoms with Gasteiger partial charge in [0.2, 0.25) is 0 Å². The summed E-state index contributed by atoms with van der Waals surface area (Å²) in [5, 5.41) is 13.5. The van der Waals surface area contributed by atoms with Crippen LogP contribution in [-0.4, -0.2) is 11.9 Å². The van der Waals surface area contributed by atoms with E-state index >= 15 is 0 Å². The lowest BCUT2D eigenvalue weighted by Gasteiger charge is -2.26. The molecule has 0 heterocycles. The average Bonchev–Trinajstić information content (AvgIpc) is 3.13. The van der Waals surface area contributed by atoms with Gasteiger partial charge in [-0.2, -0.15) is 5.26 Å². The third-order valence-electron chi connectivity index (χ3n) is 5.61. The van der Waals surface area contributed by atoms with Gasteiger partial charge in [0.1, 0.15) is 18.4 Å². The van der Waals surface area contributed by atoms with Crippen molar-refractivity contribution in [3.05, 3.63) is 64.2 Å². The fraction of sp³-hybridized carbons (Fsp3) is 0.440. The predicted molar refractivity (Wildman–Crippen MR) is 119 cm³/mol. The third kappa shape index (κ3) is 4.94. The van der Waals surface area contributed by atoms with Gasteiger partial charge in [0, 0.05) is 5.56 Å². The number of benzene rings is 2. The van der Waals surface area contributed by atoms with Crippen LogP contribution in [0.2, 0.25) is 0 Å². The number of nitrogens with two attached hydrogens (primary N) is 1. The van der Waals surface area contributed by atoms with Gasteiger partial charge in [-0.1, -0.05) is 50.2 Å². The Kier molecular flexibility index (Phi) is 6.36. The number of rotatable bonds is 6. The molecule has 0 saturated carbocycles. The van der Waals surface area contributed by atoms with Crippen molar-refractivity contribution in [2.24, 2.45) is 22.2 Å². The van der Waals surface area contributed by atoms with E-state index in [0.717, 1.165) is 24.0 Å². The van der Waals surface area contributed by atoms with Crippen molar-refractivity contribution in [1.29, 1.82) is 5.26 Å². The second-order valence-electron chi connectivity index (χ2n) is 9.27. The Labute approximate surface area is 179 Å². The Morgan fingerprint density at radius 1 is 1.23 bits per heavy atom. The molecular formula is C25H31N3O2. The summed E-state index contributed by atoms with van der Waals surface area (Å²) < 4.78 is 5.66. The molecule has 0 saturated heterocycles. The Morgan fingerprint density at radius 2 is 2.00 bits per heavy atom. The van der Waals surface area contributed by atoms with Crippen LogP contribution < -0.4 is 10.5 Å². The molecular weight excluding hydrogens is 374 g/mol. The van der Waals surface area contributed by atoms with Crippen LogP contribution in [-0.2, 0) is 24.3 Å². The Balaban J connectivity index is 1.71. The molecule has 1 atom stereocenters. The van der Waals surface area contributed by atoms with Crippen molar-refractivity contribution >= 4 is 5.84 Å². The Hall–Kier alpha value is -3.00. The van der Waals surface area contributed by atoms with Crippen molar-refractivity contribution in [2.45, 2.75) is 60.2 Å². The molecule has 0 aliphatic heterocycles. The van der Waals surface area contributed by atoms with E-state index in [4.69, 9.17) is 15.3 Å². The first-order chi connectivity index (χ1) is 14.2. The van der Waals surface area contributed by atoms with Crippen molar-refractivity contribution in [2.75, 3.05) is 0 Å². The summed E-state index contributed by atoms with van der Waals surface area (Å²) in [5.74, 6) is 1.56. The van der Waals surface area contributed by atoms with Crippen molar-refractivity contribution in [3.8, 4) is 11.8 Å². The van der Waals surface area contributed by atoms with E-state index in [1.807, 2.05) is 32.0 Å². The molecule has 0 amide bonds. The molecule has 2 aromatic rings.